The molecule has 0 aliphatic heterocycles. The largest absolute Gasteiger partial charge is 0.478 e. The number of carbonyl (C=O) groups is 2. The highest BCUT2D eigenvalue weighted by atomic mass is 32.2. The van der Waals surface area contributed by atoms with E-state index >= 15 is 0 Å². The third kappa shape index (κ3) is 3.84. The molecule has 142 valence electrons. The minimum Gasteiger partial charge on any atom is -0.478 e. The number of aliphatic carboxylic acids is 2. The van der Waals surface area contributed by atoms with E-state index in [-0.39, 0.29) is 16.1 Å². The second-order valence-corrected chi connectivity index (χ2v) is 7.46. The van der Waals surface area contributed by atoms with Crippen molar-refractivity contribution in [2.24, 2.45) is 0 Å². The minimum atomic E-state index is -4.04. The Labute approximate surface area is 159 Å². The molecule has 0 aliphatic rings. The molecule has 0 unspecified atom stereocenters. The third-order valence-corrected chi connectivity index (χ3v) is 5.53. The van der Waals surface area contributed by atoms with Gasteiger partial charge in [0, 0.05) is 29.9 Å². The van der Waals surface area contributed by atoms with Crippen LogP contribution in [0.25, 0.3) is 23.2 Å². The van der Waals surface area contributed by atoms with E-state index in [1.165, 1.54) is 36.7 Å². The maximum absolute atomic E-state index is 13.1. The lowest BCUT2D eigenvalue weighted by atomic mass is 10.2. The van der Waals surface area contributed by atoms with Crippen LogP contribution in [0, 0.1) is 0 Å². The Bertz CT molecular complexity index is 1240. The smallest absolute Gasteiger partial charge is 0.328 e. The lowest BCUT2D eigenvalue weighted by molar-refractivity contribution is -0.132. The van der Waals surface area contributed by atoms with Crippen molar-refractivity contribution >= 4 is 45.1 Å². The fourth-order valence-corrected chi connectivity index (χ4v) is 4.09. The molecule has 0 aliphatic carbocycles. The van der Waals surface area contributed by atoms with Crippen LogP contribution in [0.3, 0.4) is 0 Å². The van der Waals surface area contributed by atoms with Crippen molar-refractivity contribution in [2.45, 2.75) is 4.90 Å². The summed E-state index contributed by atoms with van der Waals surface area (Å²) in [5.74, 6) is -2.30. The van der Waals surface area contributed by atoms with Crippen LogP contribution in [0.4, 0.5) is 0 Å². The van der Waals surface area contributed by atoms with Crippen molar-refractivity contribution in [1.82, 2.24) is 8.96 Å². The molecule has 0 radical (unpaired) electrons. The van der Waals surface area contributed by atoms with Gasteiger partial charge in [-0.2, -0.15) is 0 Å². The summed E-state index contributed by atoms with van der Waals surface area (Å²) in [6.07, 6.45) is 7.10. The number of rotatable bonds is 6. The van der Waals surface area contributed by atoms with E-state index in [0.717, 1.165) is 16.1 Å². The van der Waals surface area contributed by atoms with Gasteiger partial charge in [0.1, 0.15) is 0 Å². The molecule has 28 heavy (non-hydrogen) atoms. The first-order chi connectivity index (χ1) is 13.3. The molecule has 0 bridgehead atoms. The van der Waals surface area contributed by atoms with Crippen molar-refractivity contribution in [1.29, 1.82) is 0 Å². The molecule has 0 fully saturated rings. The Kier molecular flexibility index (Phi) is 5.10. The fourth-order valence-electron chi connectivity index (χ4n) is 2.59. The third-order valence-electron chi connectivity index (χ3n) is 3.79. The number of benzene rings is 1. The molecule has 1 aromatic carbocycles. The fraction of sp³-hybridized carbons (Fsp3) is 0. The van der Waals surface area contributed by atoms with Crippen LogP contribution in [0.1, 0.15) is 11.1 Å². The second-order valence-electron chi connectivity index (χ2n) is 5.68. The highest BCUT2D eigenvalue weighted by Gasteiger charge is 2.22. The van der Waals surface area contributed by atoms with Gasteiger partial charge in [0.25, 0.3) is 10.0 Å². The van der Waals surface area contributed by atoms with E-state index in [0.29, 0.717) is 10.9 Å². The van der Waals surface area contributed by atoms with Crippen LogP contribution in [0.5, 0.6) is 0 Å². The van der Waals surface area contributed by atoms with Crippen LogP contribution in [-0.4, -0.2) is 39.5 Å². The predicted octanol–water partition coefficient (Wildman–Crippen LogP) is 2.47. The quantitative estimate of drug-likeness (QED) is 0.611. The summed E-state index contributed by atoms with van der Waals surface area (Å²) in [5.41, 5.74) is 0.909. The molecule has 2 N–H and O–H groups in total. The van der Waals surface area contributed by atoms with E-state index in [9.17, 15) is 18.0 Å². The normalized spacial score (nSPS) is 12.1. The first-order valence-electron chi connectivity index (χ1n) is 7.93. The van der Waals surface area contributed by atoms with Gasteiger partial charge in [-0.3, -0.25) is 0 Å². The van der Waals surface area contributed by atoms with Crippen molar-refractivity contribution in [2.75, 3.05) is 0 Å². The van der Waals surface area contributed by atoms with E-state index in [4.69, 9.17) is 10.2 Å². The van der Waals surface area contributed by atoms with E-state index < -0.39 is 22.0 Å². The monoisotopic (exact) mass is 398 g/mol. The van der Waals surface area contributed by atoms with Crippen LogP contribution in [0.15, 0.2) is 65.8 Å². The number of nitrogens with zero attached hydrogens (tertiary/aromatic N) is 2. The lowest BCUT2D eigenvalue weighted by Crippen LogP contribution is -2.13. The molecule has 3 aromatic rings. The Morgan fingerprint density at radius 2 is 1.68 bits per heavy atom. The molecular formula is C19H14N2O6S. The van der Waals surface area contributed by atoms with Gasteiger partial charge in [-0.05, 0) is 41.5 Å². The summed E-state index contributed by atoms with van der Waals surface area (Å²) >= 11 is 0. The van der Waals surface area contributed by atoms with Crippen molar-refractivity contribution in [3.05, 3.63) is 72.1 Å². The molecular weight excluding hydrogens is 384 g/mol. The Hall–Kier alpha value is -3.72. The maximum Gasteiger partial charge on any atom is 0.328 e. The van der Waals surface area contributed by atoms with Crippen LogP contribution in [0.2, 0.25) is 0 Å². The van der Waals surface area contributed by atoms with E-state index in [1.807, 2.05) is 0 Å². The number of carboxylic acid groups (broad SMARTS) is 2. The Morgan fingerprint density at radius 1 is 1.00 bits per heavy atom. The van der Waals surface area contributed by atoms with Crippen molar-refractivity contribution in [3.63, 3.8) is 0 Å². The average Bonchev–Trinajstić information content (AvgIpc) is 3.09. The molecule has 0 saturated carbocycles. The molecule has 2 aromatic heterocycles. The number of aromatic nitrogens is 2. The maximum atomic E-state index is 13.1. The molecule has 0 spiro atoms. The highest BCUT2D eigenvalue weighted by molar-refractivity contribution is 7.90. The predicted molar refractivity (Wildman–Crippen MR) is 102 cm³/mol. The summed E-state index contributed by atoms with van der Waals surface area (Å²) in [6.45, 7) is 0. The van der Waals surface area contributed by atoms with E-state index in [2.05, 4.69) is 4.98 Å². The number of hydrogen-bond donors (Lipinski definition) is 2. The zero-order chi connectivity index (χ0) is 20.3. The number of carboxylic acids is 2. The van der Waals surface area contributed by atoms with Gasteiger partial charge in [-0.1, -0.05) is 18.2 Å². The van der Waals surface area contributed by atoms with Crippen LogP contribution in [-0.2, 0) is 19.6 Å². The molecule has 0 atom stereocenters. The van der Waals surface area contributed by atoms with Gasteiger partial charge in [-0.15, -0.1) is 0 Å². The van der Waals surface area contributed by atoms with Gasteiger partial charge in [0.05, 0.1) is 4.90 Å². The van der Waals surface area contributed by atoms with Crippen LogP contribution >= 0.6 is 0 Å². The second kappa shape index (κ2) is 7.49. The summed E-state index contributed by atoms with van der Waals surface area (Å²) in [5, 5.41) is 18.0. The van der Waals surface area contributed by atoms with Gasteiger partial charge >= 0.3 is 11.9 Å². The Balaban J connectivity index is 2.10. The first kappa shape index (κ1) is 19.1. The number of hydrogen-bond acceptors (Lipinski definition) is 5. The summed E-state index contributed by atoms with van der Waals surface area (Å²) in [6, 6.07) is 9.19. The van der Waals surface area contributed by atoms with Gasteiger partial charge in [0.2, 0.25) is 0 Å². The van der Waals surface area contributed by atoms with Crippen molar-refractivity contribution in [3.8, 4) is 0 Å². The van der Waals surface area contributed by atoms with Gasteiger partial charge in [-0.25, -0.2) is 27.0 Å². The zero-order valence-electron chi connectivity index (χ0n) is 14.3. The first-order valence-corrected chi connectivity index (χ1v) is 9.37. The van der Waals surface area contributed by atoms with Gasteiger partial charge < -0.3 is 10.2 Å². The lowest BCUT2D eigenvalue weighted by Gasteiger charge is -2.10. The van der Waals surface area contributed by atoms with Gasteiger partial charge in [0.15, 0.2) is 5.65 Å². The molecule has 0 amide bonds. The number of pyridine rings is 1. The summed E-state index contributed by atoms with van der Waals surface area (Å²) in [4.78, 5) is 25.5. The average molecular weight is 398 g/mol. The van der Waals surface area contributed by atoms with Crippen LogP contribution < -0.4 is 0 Å². The van der Waals surface area contributed by atoms with Crippen molar-refractivity contribution < 1.29 is 28.2 Å². The minimum absolute atomic E-state index is 0.0679. The SMILES string of the molecule is O=C(O)C=Cc1cnc2c(ccn2S(=O)(=O)c2ccccc2C=CC(=O)O)c1. The number of fused-ring (bicyclic) bond motifs is 1. The Morgan fingerprint density at radius 3 is 2.39 bits per heavy atom. The molecule has 3 rings (SSSR count). The summed E-state index contributed by atoms with van der Waals surface area (Å²) < 4.78 is 27.2. The molecule has 0 saturated heterocycles. The van der Waals surface area contributed by atoms with E-state index in [1.54, 1.807) is 24.3 Å². The standard InChI is InChI=1S/C19H14N2O6S/c22-17(23)7-5-13-11-15-9-10-21(19(15)20-12-13)28(26,27)16-4-2-1-3-14(16)6-8-18(24)25/h1-12H,(H,22,23)(H,24,25). The highest BCUT2D eigenvalue weighted by Crippen LogP contribution is 2.24. The molecule has 8 nitrogen and oxygen atoms in total. The topological polar surface area (TPSA) is 127 Å². The zero-order valence-corrected chi connectivity index (χ0v) is 15.1. The molecule has 2 heterocycles. The summed E-state index contributed by atoms with van der Waals surface area (Å²) in [7, 11) is -4.04. The molecule has 9 heteroatoms.